The van der Waals surface area contributed by atoms with Crippen LogP contribution >= 0.6 is 0 Å². The van der Waals surface area contributed by atoms with Gasteiger partial charge in [-0.2, -0.15) is 0 Å². The zero-order valence-corrected chi connectivity index (χ0v) is 13.2. The van der Waals surface area contributed by atoms with Crippen molar-refractivity contribution in [3.63, 3.8) is 0 Å². The minimum Gasteiger partial charge on any atom is -0.487 e. The number of aliphatic hydroxyl groups excluding tert-OH is 1. The summed E-state index contributed by atoms with van der Waals surface area (Å²) in [5.41, 5.74) is 0.667. The summed E-state index contributed by atoms with van der Waals surface area (Å²) in [6.45, 7) is 6.89. The van der Waals surface area contributed by atoms with Gasteiger partial charge in [0.25, 0.3) is 0 Å². The van der Waals surface area contributed by atoms with Crippen molar-refractivity contribution in [3.05, 3.63) is 29.6 Å². The van der Waals surface area contributed by atoms with Gasteiger partial charge in [-0.15, -0.1) is 0 Å². The van der Waals surface area contributed by atoms with E-state index in [4.69, 9.17) is 4.74 Å². The Labute approximate surface area is 126 Å². The molecule has 2 aliphatic rings. The molecule has 0 unspecified atom stereocenters. The van der Waals surface area contributed by atoms with Crippen molar-refractivity contribution >= 4 is 0 Å². The third-order valence-electron chi connectivity index (χ3n) is 5.34. The molecular weight excluding hydrogens is 267 g/mol. The van der Waals surface area contributed by atoms with E-state index in [1.165, 1.54) is 12.1 Å². The van der Waals surface area contributed by atoms with Crippen LogP contribution in [0.3, 0.4) is 0 Å². The van der Waals surface area contributed by atoms with Crippen LogP contribution < -0.4 is 4.74 Å². The quantitative estimate of drug-likeness (QED) is 0.756. The number of halogens is 1. The maximum Gasteiger partial charge on any atom is 0.126 e. The van der Waals surface area contributed by atoms with E-state index >= 15 is 0 Å². The Balaban J connectivity index is 1.79. The molecule has 1 N–H and O–H groups in total. The number of hydrogen-bond donors (Lipinski definition) is 1. The maximum atomic E-state index is 13.3. The van der Waals surface area contributed by atoms with Crippen molar-refractivity contribution in [1.29, 1.82) is 0 Å². The van der Waals surface area contributed by atoms with Crippen molar-refractivity contribution in [2.45, 2.75) is 64.6 Å². The number of fused-ring (bicyclic) bond motifs is 1. The van der Waals surface area contributed by atoms with Gasteiger partial charge in [0.2, 0.25) is 0 Å². The van der Waals surface area contributed by atoms with Crippen LogP contribution in [0.5, 0.6) is 5.75 Å². The van der Waals surface area contributed by atoms with E-state index in [2.05, 4.69) is 20.8 Å². The van der Waals surface area contributed by atoms with Crippen LogP contribution in [0.1, 0.15) is 64.5 Å². The maximum absolute atomic E-state index is 13.3. The number of rotatable bonds is 0. The molecule has 1 saturated carbocycles. The van der Waals surface area contributed by atoms with E-state index in [9.17, 15) is 9.50 Å². The molecule has 1 aromatic rings. The van der Waals surface area contributed by atoms with Gasteiger partial charge in [-0.05, 0) is 55.2 Å². The van der Waals surface area contributed by atoms with Gasteiger partial charge in [0.15, 0.2) is 0 Å². The standard InChI is InChI=1S/C18H25FO2/c1-17(2,3)12-6-8-18(9-7-12)11-15(20)14-10-13(19)4-5-16(14)21-18/h4-5,10,12,15,20H,6-9,11H2,1-3H3/t12?,15-,18?/m0/s1. The Kier molecular flexibility index (Phi) is 3.52. The lowest BCUT2D eigenvalue weighted by Crippen LogP contribution is -2.45. The molecule has 2 nitrogen and oxygen atoms in total. The molecule has 1 aliphatic carbocycles. The summed E-state index contributed by atoms with van der Waals surface area (Å²) in [5, 5.41) is 10.4. The first-order chi connectivity index (χ1) is 9.79. The minimum atomic E-state index is -0.615. The highest BCUT2D eigenvalue weighted by atomic mass is 19.1. The molecule has 1 fully saturated rings. The van der Waals surface area contributed by atoms with Crippen LogP contribution in [-0.4, -0.2) is 10.7 Å². The fraction of sp³-hybridized carbons (Fsp3) is 0.667. The topological polar surface area (TPSA) is 29.5 Å². The summed E-state index contributed by atoms with van der Waals surface area (Å²) >= 11 is 0. The van der Waals surface area contributed by atoms with Gasteiger partial charge in [-0.25, -0.2) is 4.39 Å². The molecule has 0 radical (unpaired) electrons. The van der Waals surface area contributed by atoms with Gasteiger partial charge in [-0.3, -0.25) is 0 Å². The predicted molar refractivity (Wildman–Crippen MR) is 80.7 cm³/mol. The highest BCUT2D eigenvalue weighted by Crippen LogP contribution is 2.49. The van der Waals surface area contributed by atoms with E-state index in [0.717, 1.165) is 25.7 Å². The van der Waals surface area contributed by atoms with Crippen molar-refractivity contribution in [3.8, 4) is 5.75 Å². The second-order valence-electron chi connectivity index (χ2n) is 7.83. The van der Waals surface area contributed by atoms with Crippen LogP contribution in [0, 0.1) is 17.2 Å². The summed E-state index contributed by atoms with van der Waals surface area (Å²) < 4.78 is 19.5. The molecule has 0 saturated heterocycles. The monoisotopic (exact) mass is 292 g/mol. The van der Waals surface area contributed by atoms with Crippen molar-refractivity contribution < 1.29 is 14.2 Å². The van der Waals surface area contributed by atoms with Crippen molar-refractivity contribution in [2.24, 2.45) is 11.3 Å². The van der Waals surface area contributed by atoms with E-state index in [-0.39, 0.29) is 11.4 Å². The Morgan fingerprint density at radius 3 is 2.52 bits per heavy atom. The summed E-state index contributed by atoms with van der Waals surface area (Å²) in [6, 6.07) is 4.46. The Morgan fingerprint density at radius 2 is 1.90 bits per heavy atom. The zero-order valence-electron chi connectivity index (χ0n) is 13.2. The van der Waals surface area contributed by atoms with E-state index in [0.29, 0.717) is 29.1 Å². The first-order valence-corrected chi connectivity index (χ1v) is 7.96. The lowest BCUT2D eigenvalue weighted by atomic mass is 9.66. The first-order valence-electron chi connectivity index (χ1n) is 7.96. The molecule has 1 heterocycles. The average molecular weight is 292 g/mol. The second-order valence-corrected chi connectivity index (χ2v) is 7.83. The van der Waals surface area contributed by atoms with Crippen LogP contribution in [0.25, 0.3) is 0 Å². The molecule has 21 heavy (non-hydrogen) atoms. The fourth-order valence-corrected chi connectivity index (χ4v) is 3.93. The molecule has 0 amide bonds. The smallest absolute Gasteiger partial charge is 0.126 e. The predicted octanol–water partition coefficient (Wildman–Crippen LogP) is 4.62. The molecule has 3 heteroatoms. The number of benzene rings is 1. The zero-order chi connectivity index (χ0) is 15.3. The summed E-state index contributed by atoms with van der Waals surface area (Å²) in [6.07, 6.45) is 4.18. The third kappa shape index (κ3) is 2.80. The fourth-order valence-electron chi connectivity index (χ4n) is 3.93. The van der Waals surface area contributed by atoms with E-state index < -0.39 is 6.10 Å². The molecule has 1 aliphatic heterocycles. The van der Waals surface area contributed by atoms with Gasteiger partial charge in [0.1, 0.15) is 17.2 Å². The van der Waals surface area contributed by atoms with E-state index in [1.807, 2.05) is 0 Å². The SMILES string of the molecule is CC(C)(C)C1CCC2(CC1)C[C@H](O)c1cc(F)ccc1O2. The summed E-state index contributed by atoms with van der Waals surface area (Å²) in [5.74, 6) is 1.05. The number of ether oxygens (including phenoxy) is 1. The highest BCUT2D eigenvalue weighted by Gasteiger charge is 2.44. The normalized spacial score (nSPS) is 32.6. The first kappa shape index (κ1) is 14.8. The third-order valence-corrected chi connectivity index (χ3v) is 5.34. The molecule has 0 bridgehead atoms. The lowest BCUT2D eigenvalue weighted by molar-refractivity contribution is -0.0565. The number of aliphatic hydroxyl groups is 1. The van der Waals surface area contributed by atoms with Gasteiger partial charge in [0.05, 0.1) is 6.10 Å². The number of hydrogen-bond acceptors (Lipinski definition) is 2. The minimum absolute atomic E-state index is 0.258. The molecule has 1 aromatic carbocycles. The average Bonchev–Trinajstić information content (AvgIpc) is 2.39. The van der Waals surface area contributed by atoms with Gasteiger partial charge < -0.3 is 9.84 Å². The molecule has 116 valence electrons. The van der Waals surface area contributed by atoms with Crippen LogP contribution in [0.2, 0.25) is 0 Å². The Morgan fingerprint density at radius 1 is 1.24 bits per heavy atom. The largest absolute Gasteiger partial charge is 0.487 e. The molecular formula is C18H25FO2. The Bertz CT molecular complexity index is 525. The van der Waals surface area contributed by atoms with Gasteiger partial charge >= 0.3 is 0 Å². The summed E-state index contributed by atoms with van der Waals surface area (Å²) in [4.78, 5) is 0. The highest BCUT2D eigenvalue weighted by molar-refractivity contribution is 5.38. The van der Waals surface area contributed by atoms with Gasteiger partial charge in [0, 0.05) is 12.0 Å². The second kappa shape index (κ2) is 4.98. The molecule has 1 atom stereocenters. The van der Waals surface area contributed by atoms with Crippen LogP contribution in [-0.2, 0) is 0 Å². The summed E-state index contributed by atoms with van der Waals surface area (Å²) in [7, 11) is 0. The van der Waals surface area contributed by atoms with E-state index in [1.54, 1.807) is 6.07 Å². The molecule has 1 spiro atoms. The van der Waals surface area contributed by atoms with Crippen molar-refractivity contribution in [1.82, 2.24) is 0 Å². The van der Waals surface area contributed by atoms with Crippen LogP contribution in [0.4, 0.5) is 4.39 Å². The van der Waals surface area contributed by atoms with Crippen molar-refractivity contribution in [2.75, 3.05) is 0 Å². The van der Waals surface area contributed by atoms with Crippen LogP contribution in [0.15, 0.2) is 18.2 Å². The lowest BCUT2D eigenvalue weighted by Gasteiger charge is -2.47. The van der Waals surface area contributed by atoms with Gasteiger partial charge in [-0.1, -0.05) is 20.8 Å². The Hall–Kier alpha value is -1.09. The molecule has 0 aromatic heterocycles. The molecule has 3 rings (SSSR count).